The average Bonchev–Trinajstić information content (AvgIpc) is 1.87. The van der Waals surface area contributed by atoms with Crippen molar-refractivity contribution in [3.8, 4) is 0 Å². The van der Waals surface area contributed by atoms with Gasteiger partial charge in [-0.1, -0.05) is 23.2 Å². The van der Waals surface area contributed by atoms with E-state index in [1.54, 1.807) is 4.90 Å². The summed E-state index contributed by atoms with van der Waals surface area (Å²) in [6.07, 6.45) is 1.47. The van der Waals surface area contributed by atoms with Gasteiger partial charge in [-0.25, -0.2) is 0 Å². The van der Waals surface area contributed by atoms with E-state index in [-0.39, 0.29) is 12.1 Å². The van der Waals surface area contributed by atoms with Crippen molar-refractivity contribution in [2.45, 2.75) is 5.50 Å². The van der Waals surface area contributed by atoms with Crippen LogP contribution in [0.5, 0.6) is 0 Å². The third-order valence-corrected chi connectivity index (χ3v) is 2.07. The maximum atomic E-state index is 8.43. The van der Waals surface area contributed by atoms with E-state index >= 15 is 0 Å². The van der Waals surface area contributed by atoms with E-state index in [2.05, 4.69) is 0 Å². The van der Waals surface area contributed by atoms with Crippen LogP contribution in [0.15, 0.2) is 11.1 Å². The molecule has 0 aliphatic rings. The Kier molecular flexibility index (Phi) is 5.09. The second kappa shape index (κ2) is 4.97. The summed E-state index contributed by atoms with van der Waals surface area (Å²) in [6.45, 7) is -0.0735. The molecule has 0 aliphatic heterocycles. The molecule has 0 aromatic heterocycles. The van der Waals surface area contributed by atoms with Crippen LogP contribution in [0.4, 0.5) is 0 Å². The largest absolute Gasteiger partial charge is 0.392 e. The van der Waals surface area contributed by atoms with Crippen molar-refractivity contribution in [2.24, 2.45) is 0 Å². The lowest BCUT2D eigenvalue weighted by Gasteiger charge is -2.15. The fraction of sp³-hybridized carbons (Fsp3) is 0.667. The zero-order valence-electron chi connectivity index (χ0n) is 6.01. The molecule has 0 saturated carbocycles. The molecule has 1 unspecified atom stereocenters. The minimum Gasteiger partial charge on any atom is -0.392 e. The van der Waals surface area contributed by atoms with Crippen molar-refractivity contribution in [3.05, 3.63) is 11.1 Å². The predicted molar refractivity (Wildman–Crippen MR) is 44.3 cm³/mol. The molecule has 0 aromatic carbocycles. The molecular weight excluding hydrogens is 173 g/mol. The Morgan fingerprint density at radius 1 is 1.70 bits per heavy atom. The fourth-order valence-corrected chi connectivity index (χ4v) is 0.784. The van der Waals surface area contributed by atoms with Gasteiger partial charge in [0.25, 0.3) is 0 Å². The van der Waals surface area contributed by atoms with Gasteiger partial charge in [0.1, 0.15) is 5.50 Å². The molecule has 0 spiro atoms. The molecule has 0 fully saturated rings. The molecule has 0 bridgehead atoms. The van der Waals surface area contributed by atoms with Crippen molar-refractivity contribution in [2.75, 3.05) is 20.7 Å². The minimum atomic E-state index is -0.339. The second-order valence-corrected chi connectivity index (χ2v) is 2.92. The summed E-state index contributed by atoms with van der Waals surface area (Å²) in [5.74, 6) is 0. The number of halogens is 2. The number of aliphatic hydroxyl groups is 1. The first-order chi connectivity index (χ1) is 4.59. The van der Waals surface area contributed by atoms with E-state index in [1.807, 2.05) is 14.1 Å². The number of nitrogens with zero attached hydrogens (tertiary/aromatic N) is 1. The smallest absolute Gasteiger partial charge is 0.120 e. The van der Waals surface area contributed by atoms with Gasteiger partial charge in [-0.3, -0.25) is 4.90 Å². The van der Waals surface area contributed by atoms with Crippen LogP contribution in [0, 0.1) is 0 Å². The second-order valence-electron chi connectivity index (χ2n) is 2.07. The Labute approximate surface area is 71.0 Å². The molecule has 0 amide bonds. The highest BCUT2D eigenvalue weighted by atomic mass is 35.5. The van der Waals surface area contributed by atoms with Crippen LogP contribution >= 0.6 is 23.2 Å². The quantitative estimate of drug-likeness (QED) is 0.526. The minimum absolute atomic E-state index is 0.0735. The highest BCUT2D eigenvalue weighted by molar-refractivity contribution is 6.37. The zero-order valence-corrected chi connectivity index (χ0v) is 7.52. The van der Waals surface area contributed by atoms with E-state index in [0.29, 0.717) is 5.03 Å². The molecule has 4 heteroatoms. The standard InChI is InChI=1S/C6H11Cl2NO/c1-9(2)6(8)5(7)3-4-10/h3,6,10H,4H2,1-2H3. The zero-order chi connectivity index (χ0) is 8.15. The monoisotopic (exact) mass is 183 g/mol. The summed E-state index contributed by atoms with van der Waals surface area (Å²) < 4.78 is 0. The molecule has 2 nitrogen and oxygen atoms in total. The van der Waals surface area contributed by atoms with Crippen LogP contribution in [0.25, 0.3) is 0 Å². The average molecular weight is 184 g/mol. The highest BCUT2D eigenvalue weighted by Crippen LogP contribution is 2.15. The lowest BCUT2D eigenvalue weighted by molar-refractivity contribution is 0.340. The van der Waals surface area contributed by atoms with Gasteiger partial charge in [-0.15, -0.1) is 0 Å². The Balaban J connectivity index is 3.93. The molecule has 0 saturated heterocycles. The molecule has 10 heavy (non-hydrogen) atoms. The van der Waals surface area contributed by atoms with E-state index in [1.165, 1.54) is 6.08 Å². The molecular formula is C6H11Cl2NO. The molecule has 0 aliphatic carbocycles. The Hall–Kier alpha value is 0.240. The third kappa shape index (κ3) is 3.42. The molecule has 60 valence electrons. The molecule has 0 radical (unpaired) electrons. The number of hydrogen-bond acceptors (Lipinski definition) is 2. The normalized spacial score (nSPS) is 16.0. The third-order valence-electron chi connectivity index (χ3n) is 0.967. The summed E-state index contributed by atoms with van der Waals surface area (Å²) >= 11 is 11.4. The van der Waals surface area contributed by atoms with Crippen LogP contribution in [0.3, 0.4) is 0 Å². The van der Waals surface area contributed by atoms with Crippen molar-refractivity contribution < 1.29 is 5.11 Å². The molecule has 1 N–H and O–H groups in total. The van der Waals surface area contributed by atoms with Crippen LogP contribution in [0.2, 0.25) is 0 Å². The summed E-state index contributed by atoms with van der Waals surface area (Å²) in [4.78, 5) is 1.75. The van der Waals surface area contributed by atoms with Gasteiger partial charge in [-0.2, -0.15) is 0 Å². The van der Waals surface area contributed by atoms with Gasteiger partial charge in [-0.05, 0) is 20.2 Å². The number of alkyl halides is 1. The summed E-state index contributed by atoms with van der Waals surface area (Å²) in [7, 11) is 3.62. The lowest BCUT2D eigenvalue weighted by atomic mass is 10.5. The molecule has 0 rings (SSSR count). The van der Waals surface area contributed by atoms with E-state index in [9.17, 15) is 0 Å². The summed E-state index contributed by atoms with van der Waals surface area (Å²) in [6, 6.07) is 0. The number of hydrogen-bond donors (Lipinski definition) is 1. The number of likely N-dealkylation sites (N-methyl/N-ethyl adjacent to an activating group) is 1. The van der Waals surface area contributed by atoms with Gasteiger partial charge >= 0.3 is 0 Å². The van der Waals surface area contributed by atoms with E-state index < -0.39 is 0 Å². The van der Waals surface area contributed by atoms with Gasteiger partial charge in [0.2, 0.25) is 0 Å². The van der Waals surface area contributed by atoms with Crippen LogP contribution in [-0.4, -0.2) is 36.2 Å². The summed E-state index contributed by atoms with van der Waals surface area (Å²) in [5, 5.41) is 8.88. The van der Waals surface area contributed by atoms with Crippen molar-refractivity contribution in [3.63, 3.8) is 0 Å². The van der Waals surface area contributed by atoms with Crippen LogP contribution in [-0.2, 0) is 0 Å². The first-order valence-electron chi connectivity index (χ1n) is 2.86. The van der Waals surface area contributed by atoms with E-state index in [4.69, 9.17) is 28.3 Å². The Bertz CT molecular complexity index is 125. The Morgan fingerprint density at radius 2 is 2.20 bits per heavy atom. The van der Waals surface area contributed by atoms with Gasteiger partial charge in [0, 0.05) is 5.03 Å². The van der Waals surface area contributed by atoms with Crippen molar-refractivity contribution >= 4 is 23.2 Å². The van der Waals surface area contributed by atoms with Gasteiger partial charge in [0.15, 0.2) is 0 Å². The first kappa shape index (κ1) is 10.2. The Morgan fingerprint density at radius 3 is 2.50 bits per heavy atom. The fourth-order valence-electron chi connectivity index (χ4n) is 0.431. The lowest BCUT2D eigenvalue weighted by Crippen LogP contribution is -2.22. The first-order valence-corrected chi connectivity index (χ1v) is 3.68. The van der Waals surface area contributed by atoms with Crippen molar-refractivity contribution in [1.82, 2.24) is 4.90 Å². The van der Waals surface area contributed by atoms with Crippen molar-refractivity contribution in [1.29, 1.82) is 0 Å². The molecule has 0 heterocycles. The van der Waals surface area contributed by atoms with Crippen LogP contribution in [0.1, 0.15) is 0 Å². The predicted octanol–water partition coefficient (Wildman–Crippen LogP) is 1.23. The molecule has 1 atom stereocenters. The topological polar surface area (TPSA) is 23.5 Å². The van der Waals surface area contributed by atoms with Crippen LogP contribution < -0.4 is 0 Å². The molecule has 0 aromatic rings. The highest BCUT2D eigenvalue weighted by Gasteiger charge is 2.09. The van der Waals surface area contributed by atoms with Gasteiger partial charge in [0.05, 0.1) is 6.61 Å². The maximum Gasteiger partial charge on any atom is 0.120 e. The number of aliphatic hydroxyl groups excluding tert-OH is 1. The van der Waals surface area contributed by atoms with Gasteiger partial charge < -0.3 is 5.11 Å². The number of rotatable bonds is 3. The van der Waals surface area contributed by atoms with E-state index in [0.717, 1.165) is 0 Å². The maximum absolute atomic E-state index is 8.43. The summed E-state index contributed by atoms with van der Waals surface area (Å²) in [5.41, 5.74) is -0.339. The SMILES string of the molecule is CN(C)C(Cl)C(Cl)=CCO.